The molecule has 3 aliphatic rings. The van der Waals surface area contributed by atoms with Crippen molar-refractivity contribution in [2.24, 2.45) is 0 Å². The zero-order chi connectivity index (χ0) is 48.4. The molecule has 0 saturated carbocycles. The molecule has 0 radical (unpaired) electrons. The van der Waals surface area contributed by atoms with Crippen LogP contribution in [-0.4, -0.2) is 119 Å². The molecule has 3 aliphatic heterocycles. The predicted octanol–water partition coefficient (Wildman–Crippen LogP) is 10.2. The van der Waals surface area contributed by atoms with E-state index in [9.17, 15) is 19.6 Å². The normalized spacial score (nSPS) is 20.0. The molecule has 15 nitrogen and oxygen atoms in total. The van der Waals surface area contributed by atoms with Crippen molar-refractivity contribution in [2.45, 2.75) is 129 Å². The lowest BCUT2D eigenvalue weighted by atomic mass is 9.97. The van der Waals surface area contributed by atoms with Crippen LogP contribution in [0.3, 0.4) is 0 Å². The Kier molecular flexibility index (Phi) is 15.1. The summed E-state index contributed by atoms with van der Waals surface area (Å²) < 4.78 is 62.1. The number of hydrogen-bond acceptors (Lipinski definition) is 14. The first-order valence-electron chi connectivity index (χ1n) is 22.9. The van der Waals surface area contributed by atoms with Gasteiger partial charge in [-0.1, -0.05) is 30.5 Å². The Morgan fingerprint density at radius 2 is 1.73 bits per heavy atom. The molecule has 0 spiro atoms. The standard InChI is InChI=1S/C48H60ClF2N7O8S/c1-9-62-35(59)14-12-10-11-13-19-56-20-21-64-48(8,26-56)27-63-43-53-39-31(41(54-43)57-24-28-15-16-29(25-57)58(28)45(61)66-47(5,6)7)22-33(49)37(38(39)51)30-17-18-34(50)40-36(30)32(23-52)42(67-40)55-44(60)65-46(2,3)4/h17-18,22,28-29H,9-16,19-21,24-27H2,1-8H3,(H,55,60)/t28?,29?,48-/m1/s1. The van der Waals surface area contributed by atoms with Gasteiger partial charge in [-0.3, -0.25) is 19.9 Å². The van der Waals surface area contributed by atoms with Gasteiger partial charge in [0, 0.05) is 48.9 Å². The monoisotopic (exact) mass is 967 g/mol. The number of amides is 2. The van der Waals surface area contributed by atoms with Crippen molar-refractivity contribution in [1.82, 2.24) is 19.8 Å². The molecule has 67 heavy (non-hydrogen) atoms. The first-order valence-corrected chi connectivity index (χ1v) is 24.1. The minimum atomic E-state index is -0.857. The summed E-state index contributed by atoms with van der Waals surface area (Å²) in [6, 6.07) is 5.61. The predicted molar refractivity (Wildman–Crippen MR) is 253 cm³/mol. The van der Waals surface area contributed by atoms with Gasteiger partial charge in [0.05, 0.1) is 40.6 Å². The number of nitriles is 1. The maximum absolute atomic E-state index is 17.7. The smallest absolute Gasteiger partial charge is 0.412 e. The number of rotatable bonds is 14. The van der Waals surface area contributed by atoms with Crippen LogP contribution in [0.1, 0.15) is 106 Å². The highest BCUT2D eigenvalue weighted by Gasteiger charge is 2.45. The third-order valence-corrected chi connectivity index (χ3v) is 13.3. The molecule has 2 aromatic carbocycles. The van der Waals surface area contributed by atoms with E-state index in [0.29, 0.717) is 45.1 Å². The van der Waals surface area contributed by atoms with Crippen LogP contribution in [0.4, 0.5) is 29.2 Å². The summed E-state index contributed by atoms with van der Waals surface area (Å²) in [6.07, 6.45) is 4.30. The van der Waals surface area contributed by atoms with E-state index in [2.05, 4.69) is 21.3 Å². The number of piperazine rings is 1. The van der Waals surface area contributed by atoms with Gasteiger partial charge in [0.25, 0.3) is 0 Å². The first-order chi connectivity index (χ1) is 31.7. The van der Waals surface area contributed by atoms with Crippen LogP contribution < -0.4 is 15.0 Å². The molecule has 2 bridgehead atoms. The molecule has 2 amide bonds. The molecule has 7 rings (SSSR count). The number of nitrogens with zero attached hydrogens (tertiary/aromatic N) is 6. The second-order valence-electron chi connectivity index (χ2n) is 19.6. The number of hydrogen-bond donors (Lipinski definition) is 1. The van der Waals surface area contributed by atoms with Crippen LogP contribution in [0.2, 0.25) is 5.02 Å². The number of ether oxygens (including phenoxy) is 5. The molecule has 2 aromatic heterocycles. The van der Waals surface area contributed by atoms with Crippen molar-refractivity contribution >= 4 is 72.9 Å². The van der Waals surface area contributed by atoms with Gasteiger partial charge in [-0.15, -0.1) is 11.3 Å². The number of benzene rings is 2. The Balaban J connectivity index is 1.22. The number of morpholine rings is 1. The van der Waals surface area contributed by atoms with Gasteiger partial charge in [-0.25, -0.2) is 18.4 Å². The number of aromatic nitrogens is 2. The number of fused-ring (bicyclic) bond motifs is 4. The van der Waals surface area contributed by atoms with Crippen LogP contribution in [0, 0.1) is 23.0 Å². The van der Waals surface area contributed by atoms with Crippen molar-refractivity contribution in [3.8, 4) is 23.2 Å². The molecule has 2 unspecified atom stereocenters. The molecule has 4 aromatic rings. The summed E-state index contributed by atoms with van der Waals surface area (Å²) >= 11 is 7.87. The van der Waals surface area contributed by atoms with Crippen molar-refractivity contribution in [2.75, 3.05) is 62.8 Å². The third-order valence-electron chi connectivity index (χ3n) is 11.8. The van der Waals surface area contributed by atoms with Gasteiger partial charge >= 0.3 is 24.2 Å². The van der Waals surface area contributed by atoms with E-state index in [1.165, 1.54) is 6.07 Å². The largest absolute Gasteiger partial charge is 0.466 e. The van der Waals surface area contributed by atoms with Gasteiger partial charge in [0.2, 0.25) is 0 Å². The fraction of sp³-hybridized carbons (Fsp3) is 0.583. The average molecular weight is 969 g/mol. The topological polar surface area (TPSA) is 169 Å². The Hall–Kier alpha value is -5.09. The first kappa shape index (κ1) is 49.8. The van der Waals surface area contributed by atoms with Gasteiger partial charge in [-0.05, 0) is 105 Å². The molecular weight excluding hydrogens is 908 g/mol. The second kappa shape index (κ2) is 20.2. The van der Waals surface area contributed by atoms with E-state index in [-0.39, 0.29) is 84.5 Å². The van der Waals surface area contributed by atoms with Gasteiger partial charge in [-0.2, -0.15) is 15.2 Å². The Morgan fingerprint density at radius 3 is 2.40 bits per heavy atom. The SMILES string of the molecule is CCOC(=O)CCCCCCN1CCO[C@@](C)(COc2nc(N3CC4CCC(C3)N4C(=O)OC(C)(C)C)c3cc(Cl)c(-c4ccc(F)c5sc(NC(=O)OC(C)(C)C)c(C#N)c45)c(F)c3n2)C1. The zero-order valence-corrected chi connectivity index (χ0v) is 41.1. The summed E-state index contributed by atoms with van der Waals surface area (Å²) in [6.45, 7) is 18.1. The quantitative estimate of drug-likeness (QED) is 0.0721. The lowest BCUT2D eigenvalue weighted by Gasteiger charge is -2.42. The molecule has 362 valence electrons. The number of esters is 1. The van der Waals surface area contributed by atoms with Crippen LogP contribution >= 0.6 is 22.9 Å². The molecule has 5 heterocycles. The van der Waals surface area contributed by atoms with Crippen molar-refractivity contribution < 1.29 is 46.8 Å². The highest BCUT2D eigenvalue weighted by atomic mass is 35.5. The zero-order valence-electron chi connectivity index (χ0n) is 39.5. The molecule has 3 fully saturated rings. The molecular formula is C48H60ClF2N7O8S. The van der Waals surface area contributed by atoms with E-state index in [1.807, 2.05) is 32.6 Å². The summed E-state index contributed by atoms with van der Waals surface area (Å²) in [5, 5.41) is 13.3. The Labute approximate surface area is 399 Å². The molecule has 0 aliphatic carbocycles. The van der Waals surface area contributed by atoms with Gasteiger partial charge < -0.3 is 28.6 Å². The maximum atomic E-state index is 17.7. The van der Waals surface area contributed by atoms with Crippen LogP contribution in [0.25, 0.3) is 32.1 Å². The number of anilines is 2. The van der Waals surface area contributed by atoms with E-state index in [4.69, 9.17) is 40.3 Å². The summed E-state index contributed by atoms with van der Waals surface area (Å²) in [5.41, 5.74) is -2.54. The average Bonchev–Trinajstić information content (AvgIpc) is 3.74. The van der Waals surface area contributed by atoms with E-state index >= 15 is 8.78 Å². The number of halogens is 3. The molecule has 3 saturated heterocycles. The number of carbonyl (C=O) groups is 3. The highest BCUT2D eigenvalue weighted by molar-refractivity contribution is 7.23. The van der Waals surface area contributed by atoms with Crippen LogP contribution in [0.5, 0.6) is 6.01 Å². The van der Waals surface area contributed by atoms with Crippen LogP contribution in [0.15, 0.2) is 18.2 Å². The molecule has 3 atom stereocenters. The fourth-order valence-corrected chi connectivity index (χ4v) is 10.4. The Bertz CT molecular complexity index is 2550. The lowest BCUT2D eigenvalue weighted by Crippen LogP contribution is -2.57. The van der Waals surface area contributed by atoms with Gasteiger partial charge in [0.1, 0.15) is 51.6 Å². The highest BCUT2D eigenvalue weighted by Crippen LogP contribution is 2.47. The molecule has 19 heteroatoms. The van der Waals surface area contributed by atoms with E-state index in [1.54, 1.807) is 38.7 Å². The Morgan fingerprint density at radius 1 is 1.03 bits per heavy atom. The minimum Gasteiger partial charge on any atom is -0.466 e. The van der Waals surface area contributed by atoms with Gasteiger partial charge in [0.15, 0.2) is 5.82 Å². The van der Waals surface area contributed by atoms with Crippen LogP contribution in [-0.2, 0) is 23.7 Å². The number of unbranched alkanes of at least 4 members (excludes halogenated alkanes) is 3. The van der Waals surface area contributed by atoms with Crippen molar-refractivity contribution in [3.05, 3.63) is 40.4 Å². The summed E-state index contributed by atoms with van der Waals surface area (Å²) in [5.74, 6) is -1.35. The minimum absolute atomic E-state index is 0.00479. The van der Waals surface area contributed by atoms with Crippen molar-refractivity contribution in [3.63, 3.8) is 0 Å². The van der Waals surface area contributed by atoms with Crippen molar-refractivity contribution in [1.29, 1.82) is 5.26 Å². The molecule has 1 N–H and O–H groups in total. The number of nitrogens with one attached hydrogen (secondary N) is 1. The number of thiophene rings is 1. The summed E-state index contributed by atoms with van der Waals surface area (Å²) in [4.78, 5) is 53.6. The van der Waals surface area contributed by atoms with E-state index < -0.39 is 34.5 Å². The second-order valence-corrected chi connectivity index (χ2v) is 21.1. The third kappa shape index (κ3) is 11.6. The lowest BCUT2D eigenvalue weighted by molar-refractivity contribution is -0.143. The maximum Gasteiger partial charge on any atom is 0.412 e. The fourth-order valence-electron chi connectivity index (χ4n) is 9.08. The number of carbonyl (C=O) groups excluding carboxylic acids is 3. The summed E-state index contributed by atoms with van der Waals surface area (Å²) in [7, 11) is 0. The van der Waals surface area contributed by atoms with E-state index in [0.717, 1.165) is 69.0 Å².